The minimum atomic E-state index is -2.16. The van der Waals surface area contributed by atoms with Gasteiger partial charge in [0.1, 0.15) is 5.82 Å². The molecule has 3 rings (SSSR count). The molecule has 2 N–H and O–H groups in total. The van der Waals surface area contributed by atoms with Crippen molar-refractivity contribution < 1.29 is 38.1 Å². The number of halogens is 1. The number of carbonyl (C=O) groups is 4. The van der Waals surface area contributed by atoms with E-state index in [2.05, 4.69) is 5.32 Å². The Labute approximate surface area is 187 Å². The molecule has 0 aliphatic rings. The lowest BCUT2D eigenvalue weighted by atomic mass is 10.1. The summed E-state index contributed by atoms with van der Waals surface area (Å²) in [5, 5.41) is 12.0. The van der Waals surface area contributed by atoms with Gasteiger partial charge in [-0.25, -0.2) is 18.8 Å². The van der Waals surface area contributed by atoms with Crippen LogP contribution in [0, 0.1) is 5.82 Å². The number of benzene rings is 3. The Hall–Kier alpha value is -4.53. The van der Waals surface area contributed by atoms with E-state index >= 15 is 0 Å². The summed E-state index contributed by atoms with van der Waals surface area (Å²) in [7, 11) is 0. The molecule has 0 fully saturated rings. The van der Waals surface area contributed by atoms with Gasteiger partial charge >= 0.3 is 17.9 Å². The van der Waals surface area contributed by atoms with Gasteiger partial charge in [-0.15, -0.1) is 0 Å². The molecule has 9 heteroatoms. The monoisotopic (exact) mass is 451 g/mol. The van der Waals surface area contributed by atoms with Crippen LogP contribution in [0.1, 0.15) is 20.7 Å². The second-order valence-corrected chi connectivity index (χ2v) is 6.72. The topological polar surface area (TPSA) is 119 Å². The van der Waals surface area contributed by atoms with E-state index in [1.807, 2.05) is 0 Å². The molecule has 3 aromatic carbocycles. The van der Waals surface area contributed by atoms with Crippen LogP contribution in [0.4, 0.5) is 10.1 Å². The maximum atomic E-state index is 13.2. The fourth-order valence-electron chi connectivity index (χ4n) is 2.76. The van der Waals surface area contributed by atoms with Gasteiger partial charge in [-0.1, -0.05) is 36.4 Å². The van der Waals surface area contributed by atoms with Gasteiger partial charge < -0.3 is 19.9 Å². The Morgan fingerprint density at radius 2 is 1.15 bits per heavy atom. The van der Waals surface area contributed by atoms with Crippen molar-refractivity contribution in [3.05, 3.63) is 102 Å². The molecular weight excluding hydrogens is 433 g/mol. The number of carboxylic acid groups (broad SMARTS) is 1. The number of hydrogen-bond acceptors (Lipinski definition) is 6. The van der Waals surface area contributed by atoms with E-state index < -0.39 is 41.8 Å². The predicted molar refractivity (Wildman–Crippen MR) is 114 cm³/mol. The normalized spacial score (nSPS) is 12.2. The van der Waals surface area contributed by atoms with Crippen molar-refractivity contribution >= 4 is 29.5 Å². The first-order valence-corrected chi connectivity index (χ1v) is 9.66. The number of amides is 1. The zero-order valence-electron chi connectivity index (χ0n) is 17.0. The highest BCUT2D eigenvalue weighted by Gasteiger charge is 2.41. The Morgan fingerprint density at radius 3 is 1.61 bits per heavy atom. The van der Waals surface area contributed by atoms with Crippen molar-refractivity contribution in [1.82, 2.24) is 0 Å². The SMILES string of the molecule is O=C(OC(C(=O)O)C(OC(=O)c1ccccc1)C(=O)Nc1ccc(F)cc1)c1ccccc1. The molecule has 0 saturated heterocycles. The van der Waals surface area contributed by atoms with Crippen LogP contribution >= 0.6 is 0 Å². The Morgan fingerprint density at radius 1 is 0.697 bits per heavy atom. The molecule has 0 bridgehead atoms. The molecule has 0 spiro atoms. The van der Waals surface area contributed by atoms with Crippen LogP contribution in [-0.2, 0) is 19.1 Å². The van der Waals surface area contributed by atoms with Gasteiger partial charge in [-0.05, 0) is 48.5 Å². The zero-order valence-corrected chi connectivity index (χ0v) is 17.0. The molecule has 168 valence electrons. The van der Waals surface area contributed by atoms with Crippen molar-refractivity contribution in [2.24, 2.45) is 0 Å². The highest BCUT2D eigenvalue weighted by atomic mass is 19.1. The van der Waals surface area contributed by atoms with Crippen LogP contribution in [0.2, 0.25) is 0 Å². The Balaban J connectivity index is 1.89. The number of aliphatic carboxylic acids is 1. The van der Waals surface area contributed by atoms with Crippen molar-refractivity contribution in [2.45, 2.75) is 12.2 Å². The average molecular weight is 451 g/mol. The average Bonchev–Trinajstić information content (AvgIpc) is 2.83. The van der Waals surface area contributed by atoms with Gasteiger partial charge in [-0.3, -0.25) is 4.79 Å². The lowest BCUT2D eigenvalue weighted by Crippen LogP contribution is -2.48. The number of ether oxygens (including phenoxy) is 2. The van der Waals surface area contributed by atoms with Crippen LogP contribution in [0.15, 0.2) is 84.9 Å². The van der Waals surface area contributed by atoms with Crippen LogP contribution in [0.5, 0.6) is 0 Å². The molecule has 0 radical (unpaired) electrons. The molecule has 33 heavy (non-hydrogen) atoms. The smallest absolute Gasteiger partial charge is 0.349 e. The summed E-state index contributed by atoms with van der Waals surface area (Å²) in [5.41, 5.74) is 0.201. The molecule has 0 aliphatic heterocycles. The van der Waals surface area contributed by atoms with Crippen LogP contribution in [0.3, 0.4) is 0 Å². The number of rotatable bonds is 8. The minimum absolute atomic E-state index is 0.0378. The third kappa shape index (κ3) is 6.23. The molecule has 0 aliphatic carbocycles. The summed E-state index contributed by atoms with van der Waals surface area (Å²) in [6.07, 6.45) is -4.21. The van der Waals surface area contributed by atoms with E-state index in [9.17, 15) is 28.7 Å². The van der Waals surface area contributed by atoms with Crippen molar-refractivity contribution in [3.8, 4) is 0 Å². The Bertz CT molecular complexity index is 1130. The third-order valence-corrected chi connectivity index (χ3v) is 4.38. The molecule has 0 heterocycles. The lowest BCUT2D eigenvalue weighted by Gasteiger charge is -2.23. The first kappa shape index (κ1) is 23.1. The minimum Gasteiger partial charge on any atom is -0.478 e. The number of carbonyl (C=O) groups excluding carboxylic acids is 3. The largest absolute Gasteiger partial charge is 0.478 e. The van der Waals surface area contributed by atoms with Crippen LogP contribution < -0.4 is 5.32 Å². The highest BCUT2D eigenvalue weighted by Crippen LogP contribution is 2.16. The summed E-state index contributed by atoms with van der Waals surface area (Å²) in [4.78, 5) is 49.8. The number of anilines is 1. The van der Waals surface area contributed by atoms with E-state index in [4.69, 9.17) is 9.47 Å². The lowest BCUT2D eigenvalue weighted by molar-refractivity contribution is -0.157. The second kappa shape index (κ2) is 10.7. The van der Waals surface area contributed by atoms with Crippen LogP contribution in [-0.4, -0.2) is 41.1 Å². The van der Waals surface area contributed by atoms with Gasteiger partial charge in [0.15, 0.2) is 0 Å². The van der Waals surface area contributed by atoms with Gasteiger partial charge in [0.25, 0.3) is 5.91 Å². The molecule has 2 unspecified atom stereocenters. The first-order valence-electron chi connectivity index (χ1n) is 9.66. The highest BCUT2D eigenvalue weighted by molar-refractivity contribution is 6.01. The van der Waals surface area contributed by atoms with Crippen molar-refractivity contribution in [1.29, 1.82) is 0 Å². The van der Waals surface area contributed by atoms with E-state index in [0.717, 1.165) is 12.1 Å². The number of nitrogens with one attached hydrogen (secondary N) is 1. The van der Waals surface area contributed by atoms with E-state index in [0.29, 0.717) is 0 Å². The molecule has 2 atom stereocenters. The molecule has 8 nitrogen and oxygen atoms in total. The van der Waals surface area contributed by atoms with Gasteiger partial charge in [-0.2, -0.15) is 0 Å². The summed E-state index contributed by atoms with van der Waals surface area (Å²) in [5.74, 6) is -5.38. The third-order valence-electron chi connectivity index (χ3n) is 4.38. The first-order chi connectivity index (χ1) is 15.8. The van der Waals surface area contributed by atoms with E-state index in [-0.39, 0.29) is 16.8 Å². The van der Waals surface area contributed by atoms with Gasteiger partial charge in [0, 0.05) is 5.69 Å². The number of esters is 2. The fraction of sp³-hybridized carbons (Fsp3) is 0.0833. The molecular formula is C24H18FNO7. The second-order valence-electron chi connectivity index (χ2n) is 6.72. The number of hydrogen-bond donors (Lipinski definition) is 2. The van der Waals surface area contributed by atoms with Crippen molar-refractivity contribution in [2.75, 3.05) is 5.32 Å². The maximum Gasteiger partial charge on any atom is 0.349 e. The van der Waals surface area contributed by atoms with Gasteiger partial charge in [0.05, 0.1) is 11.1 Å². The van der Waals surface area contributed by atoms with E-state index in [1.54, 1.807) is 36.4 Å². The molecule has 0 aromatic heterocycles. The summed E-state index contributed by atoms with van der Waals surface area (Å²) < 4.78 is 23.4. The number of carboxylic acids is 1. The van der Waals surface area contributed by atoms with Crippen molar-refractivity contribution in [3.63, 3.8) is 0 Å². The van der Waals surface area contributed by atoms with Gasteiger partial charge in [0.2, 0.25) is 12.2 Å². The maximum absolute atomic E-state index is 13.2. The zero-order chi connectivity index (χ0) is 23.8. The summed E-state index contributed by atoms with van der Waals surface area (Å²) >= 11 is 0. The van der Waals surface area contributed by atoms with E-state index in [1.165, 1.54) is 36.4 Å². The fourth-order valence-corrected chi connectivity index (χ4v) is 2.76. The molecule has 3 aromatic rings. The summed E-state index contributed by atoms with van der Waals surface area (Å²) in [6.45, 7) is 0. The quantitative estimate of drug-likeness (QED) is 0.505. The standard InChI is InChI=1S/C24H18FNO7/c25-17-11-13-18(14-12-17)26-21(27)19(32-23(30)15-7-3-1-4-8-15)20(22(28)29)33-24(31)16-9-5-2-6-10-16/h1-14,19-20H,(H,26,27)(H,28,29). The summed E-state index contributed by atoms with van der Waals surface area (Å²) in [6, 6.07) is 19.7. The molecule has 0 saturated carbocycles. The molecule has 1 amide bonds. The predicted octanol–water partition coefficient (Wildman–Crippen LogP) is 3.30. The Kier molecular flexibility index (Phi) is 7.48. The van der Waals surface area contributed by atoms with Crippen LogP contribution in [0.25, 0.3) is 0 Å².